The summed E-state index contributed by atoms with van der Waals surface area (Å²) in [6, 6.07) is 0. The van der Waals surface area contributed by atoms with Gasteiger partial charge in [-0.15, -0.1) is 0 Å². The number of nitrogens with one attached hydrogen (secondary N) is 1. The number of aromatic nitrogens is 3. The number of hydrogen-bond acceptors (Lipinski definition) is 2. The molecule has 56 valence electrons. The minimum atomic E-state index is 0.644. The van der Waals surface area contributed by atoms with Crippen molar-refractivity contribution in [3.63, 3.8) is 0 Å². The van der Waals surface area contributed by atoms with Gasteiger partial charge in [-0.25, -0.2) is 4.98 Å². The topological polar surface area (TPSA) is 41.6 Å². The van der Waals surface area contributed by atoms with Gasteiger partial charge in [0.15, 0.2) is 0 Å². The molecule has 0 bridgehead atoms. The predicted molar refractivity (Wildman–Crippen MR) is 42.8 cm³/mol. The molecule has 0 aromatic rings. The Morgan fingerprint density at radius 2 is 2.18 bits per heavy atom. The Balaban J connectivity index is 2.76. The SMILES string of the molecule is Cc1ncc2ncc(Cl)c-2[nH]1. The lowest BCUT2D eigenvalue weighted by molar-refractivity contribution is 1.05. The monoisotopic (exact) mass is 167 g/mol. The quantitative estimate of drug-likeness (QED) is 0.651. The van der Waals surface area contributed by atoms with Crippen molar-refractivity contribution < 1.29 is 0 Å². The highest BCUT2D eigenvalue weighted by molar-refractivity contribution is 6.33. The molecule has 0 saturated carbocycles. The molecule has 4 heteroatoms. The van der Waals surface area contributed by atoms with Crippen LogP contribution in [0, 0.1) is 6.92 Å². The molecular formula is C7H6ClN3. The fraction of sp³-hybridized carbons (Fsp3) is 0.143. The lowest BCUT2D eigenvalue weighted by Crippen LogP contribution is -1.90. The minimum absolute atomic E-state index is 0.644. The third kappa shape index (κ3) is 0.973. The van der Waals surface area contributed by atoms with Crippen LogP contribution in [0.4, 0.5) is 0 Å². The van der Waals surface area contributed by atoms with Crippen molar-refractivity contribution in [2.24, 2.45) is 0 Å². The number of halogens is 1. The molecule has 2 rings (SSSR count). The van der Waals surface area contributed by atoms with Crippen LogP contribution in [0.3, 0.4) is 0 Å². The van der Waals surface area contributed by atoms with Gasteiger partial charge in [-0.3, -0.25) is 4.98 Å². The van der Waals surface area contributed by atoms with Gasteiger partial charge in [-0.2, -0.15) is 0 Å². The first-order chi connectivity index (χ1) is 5.27. The molecule has 11 heavy (non-hydrogen) atoms. The van der Waals surface area contributed by atoms with Gasteiger partial charge in [0.05, 0.1) is 16.9 Å². The molecule has 0 radical (unpaired) electrons. The van der Waals surface area contributed by atoms with Crippen molar-refractivity contribution in [2.45, 2.75) is 6.92 Å². The molecule has 0 aliphatic carbocycles. The van der Waals surface area contributed by atoms with Crippen LogP contribution in [0.2, 0.25) is 5.02 Å². The summed E-state index contributed by atoms with van der Waals surface area (Å²) in [5.41, 5.74) is 1.67. The Kier molecular flexibility index (Phi) is 1.32. The van der Waals surface area contributed by atoms with Crippen molar-refractivity contribution in [1.82, 2.24) is 15.0 Å². The Morgan fingerprint density at radius 1 is 1.36 bits per heavy atom. The molecule has 0 aromatic carbocycles. The van der Waals surface area contributed by atoms with Gasteiger partial charge >= 0.3 is 0 Å². The molecule has 3 nitrogen and oxygen atoms in total. The van der Waals surface area contributed by atoms with Crippen molar-refractivity contribution >= 4 is 11.6 Å². The Morgan fingerprint density at radius 3 is 3.00 bits per heavy atom. The maximum Gasteiger partial charge on any atom is 0.106 e. The summed E-state index contributed by atoms with van der Waals surface area (Å²) in [5, 5.41) is 0.644. The van der Waals surface area contributed by atoms with Crippen molar-refractivity contribution in [2.75, 3.05) is 0 Å². The lowest BCUT2D eigenvalue weighted by atomic mass is 10.3. The van der Waals surface area contributed by atoms with Gasteiger partial charge in [-0.05, 0) is 6.92 Å². The Bertz CT molecular complexity index is 355. The van der Waals surface area contributed by atoms with Gasteiger partial charge in [0.1, 0.15) is 11.5 Å². The average Bonchev–Trinajstić information content (AvgIpc) is 2.33. The number of aryl methyl sites for hydroxylation is 1. The second-order valence-corrected chi connectivity index (χ2v) is 2.74. The Labute approximate surface area is 68.8 Å². The van der Waals surface area contributed by atoms with Crippen LogP contribution in [-0.4, -0.2) is 15.0 Å². The van der Waals surface area contributed by atoms with E-state index in [-0.39, 0.29) is 0 Å². The molecule has 2 aliphatic rings. The maximum atomic E-state index is 5.82. The lowest BCUT2D eigenvalue weighted by Gasteiger charge is -1.98. The highest BCUT2D eigenvalue weighted by Crippen LogP contribution is 2.25. The van der Waals surface area contributed by atoms with Crippen molar-refractivity contribution in [1.29, 1.82) is 0 Å². The van der Waals surface area contributed by atoms with E-state index >= 15 is 0 Å². The number of rotatable bonds is 0. The van der Waals surface area contributed by atoms with E-state index in [4.69, 9.17) is 11.6 Å². The fourth-order valence-electron chi connectivity index (χ4n) is 0.970. The van der Waals surface area contributed by atoms with Gasteiger partial charge in [-0.1, -0.05) is 11.6 Å². The molecule has 0 saturated heterocycles. The standard InChI is InChI=1S/C7H6ClN3/c1-4-9-3-6-7(11-4)5(8)2-10-6/h2-3H,1H3,(H,9,11). The van der Waals surface area contributed by atoms with E-state index in [1.165, 1.54) is 0 Å². The van der Waals surface area contributed by atoms with Gasteiger partial charge in [0.2, 0.25) is 0 Å². The zero-order valence-corrected chi connectivity index (χ0v) is 6.68. The smallest absolute Gasteiger partial charge is 0.106 e. The summed E-state index contributed by atoms with van der Waals surface area (Å²) in [5.74, 6) is 0.840. The zero-order valence-electron chi connectivity index (χ0n) is 5.93. The van der Waals surface area contributed by atoms with Crippen LogP contribution >= 0.6 is 11.6 Å². The van der Waals surface area contributed by atoms with E-state index < -0.39 is 0 Å². The number of aromatic amines is 1. The zero-order chi connectivity index (χ0) is 7.84. The number of nitrogens with zero attached hydrogens (tertiary/aromatic N) is 2. The summed E-state index contributed by atoms with van der Waals surface area (Å²) in [6.07, 6.45) is 3.32. The van der Waals surface area contributed by atoms with E-state index in [9.17, 15) is 0 Å². The summed E-state index contributed by atoms with van der Waals surface area (Å²) in [7, 11) is 0. The molecule has 2 aliphatic heterocycles. The van der Waals surface area contributed by atoms with E-state index in [2.05, 4.69) is 15.0 Å². The molecule has 0 atom stereocenters. The first-order valence-electron chi connectivity index (χ1n) is 3.23. The first kappa shape index (κ1) is 6.61. The molecular weight excluding hydrogens is 162 g/mol. The van der Waals surface area contributed by atoms with Crippen LogP contribution in [0.5, 0.6) is 0 Å². The molecule has 0 aromatic heterocycles. The van der Waals surface area contributed by atoms with E-state index in [0.717, 1.165) is 17.2 Å². The normalized spacial score (nSPS) is 10.7. The summed E-state index contributed by atoms with van der Waals surface area (Å²) < 4.78 is 0. The van der Waals surface area contributed by atoms with E-state index in [1.807, 2.05) is 6.92 Å². The van der Waals surface area contributed by atoms with Crippen LogP contribution in [0.1, 0.15) is 5.82 Å². The highest BCUT2D eigenvalue weighted by Gasteiger charge is 2.09. The maximum absolute atomic E-state index is 5.82. The Hall–Kier alpha value is -1.09. The number of H-pyrrole nitrogens is 1. The van der Waals surface area contributed by atoms with Gasteiger partial charge < -0.3 is 4.98 Å². The molecule has 0 unspecified atom stereocenters. The van der Waals surface area contributed by atoms with Crippen LogP contribution in [0.15, 0.2) is 12.4 Å². The fourth-order valence-corrected chi connectivity index (χ4v) is 1.16. The third-order valence-electron chi connectivity index (χ3n) is 1.50. The second-order valence-electron chi connectivity index (χ2n) is 2.33. The van der Waals surface area contributed by atoms with E-state index in [0.29, 0.717) is 5.02 Å². The second kappa shape index (κ2) is 2.20. The average molecular weight is 168 g/mol. The van der Waals surface area contributed by atoms with E-state index in [1.54, 1.807) is 12.4 Å². The van der Waals surface area contributed by atoms with Gasteiger partial charge in [0.25, 0.3) is 0 Å². The van der Waals surface area contributed by atoms with Crippen LogP contribution < -0.4 is 0 Å². The summed E-state index contributed by atoms with van der Waals surface area (Å²) in [6.45, 7) is 1.88. The number of hydrogen-bond donors (Lipinski definition) is 1. The number of fused-ring (bicyclic) bond motifs is 1. The highest BCUT2D eigenvalue weighted by atomic mass is 35.5. The summed E-state index contributed by atoms with van der Waals surface area (Å²) >= 11 is 5.82. The van der Waals surface area contributed by atoms with Crippen LogP contribution in [0.25, 0.3) is 11.4 Å². The third-order valence-corrected chi connectivity index (χ3v) is 1.78. The first-order valence-corrected chi connectivity index (χ1v) is 3.61. The minimum Gasteiger partial charge on any atom is -0.341 e. The molecule has 0 amide bonds. The predicted octanol–water partition coefficient (Wildman–Crippen LogP) is 1.87. The molecule has 2 heterocycles. The van der Waals surface area contributed by atoms with Crippen LogP contribution in [-0.2, 0) is 0 Å². The largest absolute Gasteiger partial charge is 0.341 e. The van der Waals surface area contributed by atoms with Crippen molar-refractivity contribution in [3.05, 3.63) is 23.2 Å². The summed E-state index contributed by atoms with van der Waals surface area (Å²) in [4.78, 5) is 11.1. The molecule has 0 fully saturated rings. The molecule has 0 spiro atoms. The van der Waals surface area contributed by atoms with Crippen molar-refractivity contribution in [3.8, 4) is 11.4 Å². The van der Waals surface area contributed by atoms with Gasteiger partial charge in [0, 0.05) is 6.20 Å². The molecule has 1 N–H and O–H groups in total.